The number of ether oxygens (including phenoxy) is 1. The number of carbonyl (C=O) groups is 1. The molecule has 0 radical (unpaired) electrons. The topological polar surface area (TPSA) is 84.1 Å². The van der Waals surface area contributed by atoms with Crippen molar-refractivity contribution in [3.8, 4) is 5.75 Å². The molecule has 6 nitrogen and oxygen atoms in total. The quantitative estimate of drug-likeness (QED) is 0.620. The molecule has 122 valence electrons. The van der Waals surface area contributed by atoms with Crippen LogP contribution < -0.4 is 15.6 Å². The summed E-state index contributed by atoms with van der Waals surface area (Å²) >= 11 is 1.43. The molecule has 0 atom stereocenters. The van der Waals surface area contributed by atoms with E-state index in [-0.39, 0.29) is 17.9 Å². The van der Waals surface area contributed by atoms with Crippen molar-refractivity contribution in [2.24, 2.45) is 0 Å². The number of nitrogens with zero attached hydrogens (tertiary/aromatic N) is 1. The number of carbonyl (C=O) groups excluding carboxylic acids is 1. The molecule has 0 aliphatic carbocycles. The fourth-order valence-electron chi connectivity index (χ4n) is 2.02. The molecule has 2 aromatic rings. The van der Waals surface area contributed by atoms with E-state index in [4.69, 9.17) is 4.74 Å². The molecule has 1 aromatic heterocycles. The van der Waals surface area contributed by atoms with Crippen LogP contribution in [0.1, 0.15) is 16.8 Å². The van der Waals surface area contributed by atoms with Crippen LogP contribution in [0, 0.1) is 6.92 Å². The van der Waals surface area contributed by atoms with E-state index in [1.807, 2.05) is 24.3 Å². The Kier molecular flexibility index (Phi) is 5.81. The molecule has 7 heteroatoms. The number of rotatable bonds is 6. The first kappa shape index (κ1) is 17.1. The van der Waals surface area contributed by atoms with Gasteiger partial charge in [-0.2, -0.15) is 0 Å². The minimum absolute atomic E-state index is 0.0332. The Hall–Kier alpha value is -2.28. The summed E-state index contributed by atoms with van der Waals surface area (Å²) < 4.78 is 5.19. The molecule has 2 rings (SSSR count). The van der Waals surface area contributed by atoms with Crippen molar-refractivity contribution >= 4 is 17.7 Å². The fraction of sp³-hybridized carbons (Fsp3) is 0.312. The van der Waals surface area contributed by atoms with Crippen LogP contribution in [0.5, 0.6) is 5.75 Å². The average Bonchev–Trinajstić information content (AvgIpc) is 2.56. The molecule has 0 fully saturated rings. The number of amides is 1. The smallest absolute Gasteiger partial charge is 0.255 e. The third-order valence-corrected chi connectivity index (χ3v) is 4.27. The van der Waals surface area contributed by atoms with E-state index in [2.05, 4.69) is 15.3 Å². The highest BCUT2D eigenvalue weighted by molar-refractivity contribution is 7.98. The van der Waals surface area contributed by atoms with E-state index in [0.29, 0.717) is 22.2 Å². The van der Waals surface area contributed by atoms with Gasteiger partial charge in [0, 0.05) is 24.1 Å². The number of aromatic nitrogens is 2. The zero-order valence-corrected chi connectivity index (χ0v) is 14.1. The number of aryl methyl sites for hydroxylation is 1. The SMILES string of the molecule is CNC(=O)Cc1c(C)nc(SCc2cccc(OC)c2)[nH]c1=O. The lowest BCUT2D eigenvalue weighted by molar-refractivity contribution is -0.119. The van der Waals surface area contributed by atoms with E-state index >= 15 is 0 Å². The highest BCUT2D eigenvalue weighted by atomic mass is 32.2. The third kappa shape index (κ3) is 4.59. The molecular formula is C16H19N3O3S. The van der Waals surface area contributed by atoms with Crippen molar-refractivity contribution in [2.75, 3.05) is 14.2 Å². The summed E-state index contributed by atoms with van der Waals surface area (Å²) in [5.41, 5.74) is 1.78. The maximum Gasteiger partial charge on any atom is 0.255 e. The van der Waals surface area contributed by atoms with Crippen LogP contribution in [0.2, 0.25) is 0 Å². The van der Waals surface area contributed by atoms with Crippen LogP contribution in [-0.4, -0.2) is 30.0 Å². The standard InChI is InChI=1S/C16H19N3O3S/c1-10-13(8-14(20)17-2)15(21)19-16(18-10)23-9-11-5-4-6-12(7-11)22-3/h4-7H,8-9H2,1-3H3,(H,17,20)(H,18,19,21). The molecule has 1 heterocycles. The third-order valence-electron chi connectivity index (χ3n) is 3.33. The molecule has 1 amide bonds. The number of aromatic amines is 1. The van der Waals surface area contributed by atoms with Gasteiger partial charge in [0.15, 0.2) is 5.16 Å². The first-order chi connectivity index (χ1) is 11.0. The van der Waals surface area contributed by atoms with Crippen LogP contribution in [0.25, 0.3) is 0 Å². The van der Waals surface area contributed by atoms with Gasteiger partial charge >= 0.3 is 0 Å². The summed E-state index contributed by atoms with van der Waals surface area (Å²) in [6.07, 6.45) is 0.0332. The van der Waals surface area contributed by atoms with Gasteiger partial charge < -0.3 is 15.0 Å². The summed E-state index contributed by atoms with van der Waals surface area (Å²) in [7, 11) is 3.16. The molecule has 1 aromatic carbocycles. The number of H-pyrrole nitrogens is 1. The van der Waals surface area contributed by atoms with Gasteiger partial charge in [0.2, 0.25) is 5.91 Å². The van der Waals surface area contributed by atoms with Gasteiger partial charge in [0.1, 0.15) is 5.75 Å². The van der Waals surface area contributed by atoms with E-state index in [9.17, 15) is 9.59 Å². The van der Waals surface area contributed by atoms with Gasteiger partial charge in [0.25, 0.3) is 5.56 Å². The number of nitrogens with one attached hydrogen (secondary N) is 2. The molecule has 0 aliphatic rings. The molecule has 0 bridgehead atoms. The number of hydrogen-bond donors (Lipinski definition) is 2. The Morgan fingerprint density at radius 3 is 2.87 bits per heavy atom. The van der Waals surface area contributed by atoms with Crippen LogP contribution >= 0.6 is 11.8 Å². The predicted molar refractivity (Wildman–Crippen MR) is 89.9 cm³/mol. The van der Waals surface area contributed by atoms with Gasteiger partial charge in [0.05, 0.1) is 13.5 Å². The lowest BCUT2D eigenvalue weighted by Gasteiger charge is -2.07. The number of likely N-dealkylation sites (N-methyl/N-ethyl adjacent to an activating group) is 1. The van der Waals surface area contributed by atoms with Crippen molar-refractivity contribution in [1.29, 1.82) is 0 Å². The van der Waals surface area contributed by atoms with Crippen LogP contribution in [-0.2, 0) is 17.0 Å². The Morgan fingerprint density at radius 2 is 2.22 bits per heavy atom. The van der Waals surface area contributed by atoms with E-state index in [1.165, 1.54) is 18.8 Å². The maximum absolute atomic E-state index is 12.1. The Labute approximate surface area is 138 Å². The summed E-state index contributed by atoms with van der Waals surface area (Å²) in [6.45, 7) is 1.74. The minimum Gasteiger partial charge on any atom is -0.497 e. The lowest BCUT2D eigenvalue weighted by Crippen LogP contribution is -2.26. The van der Waals surface area contributed by atoms with Gasteiger partial charge in [-0.3, -0.25) is 9.59 Å². The second kappa shape index (κ2) is 7.82. The monoisotopic (exact) mass is 333 g/mol. The normalized spacial score (nSPS) is 10.4. The Morgan fingerprint density at radius 1 is 1.43 bits per heavy atom. The first-order valence-corrected chi connectivity index (χ1v) is 8.08. The van der Waals surface area contributed by atoms with Crippen molar-refractivity contribution < 1.29 is 9.53 Å². The van der Waals surface area contributed by atoms with Crippen LogP contribution in [0.15, 0.2) is 34.2 Å². The van der Waals surface area contributed by atoms with Crippen molar-refractivity contribution in [3.05, 3.63) is 51.4 Å². The highest BCUT2D eigenvalue weighted by Gasteiger charge is 2.12. The lowest BCUT2D eigenvalue weighted by atomic mass is 10.1. The van der Waals surface area contributed by atoms with Gasteiger partial charge in [-0.05, 0) is 24.6 Å². The number of thioether (sulfide) groups is 1. The zero-order chi connectivity index (χ0) is 16.8. The van der Waals surface area contributed by atoms with E-state index in [0.717, 1.165) is 11.3 Å². The molecule has 0 spiro atoms. The Bertz CT molecular complexity index is 758. The van der Waals surface area contributed by atoms with E-state index < -0.39 is 0 Å². The second-order valence-electron chi connectivity index (χ2n) is 4.93. The zero-order valence-electron chi connectivity index (χ0n) is 13.3. The molecule has 0 unspecified atom stereocenters. The number of benzene rings is 1. The molecule has 0 saturated heterocycles. The average molecular weight is 333 g/mol. The first-order valence-electron chi connectivity index (χ1n) is 7.09. The summed E-state index contributed by atoms with van der Waals surface area (Å²) in [6, 6.07) is 7.73. The van der Waals surface area contributed by atoms with E-state index in [1.54, 1.807) is 14.0 Å². The van der Waals surface area contributed by atoms with Crippen molar-refractivity contribution in [3.63, 3.8) is 0 Å². The second-order valence-corrected chi connectivity index (χ2v) is 5.89. The molecular weight excluding hydrogens is 314 g/mol. The minimum atomic E-state index is -0.269. The molecule has 2 N–H and O–H groups in total. The van der Waals surface area contributed by atoms with Gasteiger partial charge in [-0.25, -0.2) is 4.98 Å². The predicted octanol–water partition coefficient (Wildman–Crippen LogP) is 1.67. The summed E-state index contributed by atoms with van der Waals surface area (Å²) in [4.78, 5) is 30.7. The fourth-order valence-corrected chi connectivity index (χ4v) is 2.87. The van der Waals surface area contributed by atoms with Crippen molar-refractivity contribution in [1.82, 2.24) is 15.3 Å². The number of methoxy groups -OCH3 is 1. The summed E-state index contributed by atoms with van der Waals surface area (Å²) in [5, 5.41) is 3.04. The van der Waals surface area contributed by atoms with Crippen molar-refractivity contribution in [2.45, 2.75) is 24.3 Å². The maximum atomic E-state index is 12.1. The number of hydrogen-bond acceptors (Lipinski definition) is 5. The molecule has 0 aliphatic heterocycles. The van der Waals surface area contributed by atoms with Gasteiger partial charge in [-0.1, -0.05) is 23.9 Å². The highest BCUT2D eigenvalue weighted by Crippen LogP contribution is 2.21. The summed E-state index contributed by atoms with van der Waals surface area (Å²) in [5.74, 6) is 1.24. The molecule has 23 heavy (non-hydrogen) atoms. The van der Waals surface area contributed by atoms with Crippen LogP contribution in [0.4, 0.5) is 0 Å². The van der Waals surface area contributed by atoms with Crippen LogP contribution in [0.3, 0.4) is 0 Å². The molecule has 0 saturated carbocycles. The Balaban J connectivity index is 2.12. The largest absolute Gasteiger partial charge is 0.497 e. The van der Waals surface area contributed by atoms with Gasteiger partial charge in [-0.15, -0.1) is 0 Å².